The van der Waals surface area contributed by atoms with Gasteiger partial charge in [0.25, 0.3) is 0 Å². The largest absolute Gasteiger partial charge is 0.493 e. The number of nitrogens with zero attached hydrogens (tertiary/aromatic N) is 2. The molecular formula is C18H18ClN3O5. The summed E-state index contributed by atoms with van der Waals surface area (Å²) in [6.07, 6.45) is 2.77. The number of nitrogens with one attached hydrogen (secondary N) is 1. The molecule has 8 nitrogen and oxygen atoms in total. The lowest BCUT2D eigenvalue weighted by Crippen LogP contribution is -2.15. The molecule has 1 aromatic carbocycles. The van der Waals surface area contributed by atoms with E-state index in [1.807, 2.05) is 6.07 Å². The maximum atomic E-state index is 12.1. The lowest BCUT2D eigenvalue weighted by molar-refractivity contribution is -0.384. The van der Waals surface area contributed by atoms with Crippen molar-refractivity contribution >= 4 is 29.1 Å². The number of hydrogen-bond acceptors (Lipinski definition) is 7. The van der Waals surface area contributed by atoms with Gasteiger partial charge in [-0.15, -0.1) is 0 Å². The van der Waals surface area contributed by atoms with Gasteiger partial charge >= 0.3 is 11.7 Å². The van der Waals surface area contributed by atoms with Crippen molar-refractivity contribution in [2.45, 2.75) is 25.8 Å². The summed E-state index contributed by atoms with van der Waals surface area (Å²) in [7, 11) is 0. The predicted octanol–water partition coefficient (Wildman–Crippen LogP) is 4.15. The molecule has 1 aliphatic heterocycles. The number of benzene rings is 1. The molecule has 0 spiro atoms. The fourth-order valence-electron chi connectivity index (χ4n) is 2.98. The molecule has 0 aliphatic carbocycles. The molecule has 2 heterocycles. The summed E-state index contributed by atoms with van der Waals surface area (Å²) in [6.45, 7) is 2.27. The van der Waals surface area contributed by atoms with Crippen LogP contribution in [-0.4, -0.2) is 29.1 Å². The normalized spacial score (nSPS) is 15.9. The number of pyridine rings is 1. The number of carbonyl (C=O) groups is 1. The molecule has 1 N–H and O–H groups in total. The van der Waals surface area contributed by atoms with Gasteiger partial charge in [-0.25, -0.2) is 9.78 Å². The minimum absolute atomic E-state index is 0.0124. The van der Waals surface area contributed by atoms with Crippen molar-refractivity contribution in [3.63, 3.8) is 0 Å². The van der Waals surface area contributed by atoms with Gasteiger partial charge in [0.2, 0.25) is 5.82 Å². The number of carbonyl (C=O) groups excluding carboxylic acids is 1. The number of nitro groups is 1. The quantitative estimate of drug-likeness (QED) is 0.464. The average Bonchev–Trinajstić information content (AvgIpc) is 2.83. The van der Waals surface area contributed by atoms with Crippen LogP contribution in [0.1, 0.15) is 41.7 Å². The summed E-state index contributed by atoms with van der Waals surface area (Å²) in [6, 6.07) is 6.28. The Labute approximate surface area is 160 Å². The second kappa shape index (κ2) is 8.22. The van der Waals surface area contributed by atoms with Gasteiger partial charge in [0.1, 0.15) is 11.3 Å². The van der Waals surface area contributed by atoms with Gasteiger partial charge in [0.15, 0.2) is 0 Å². The number of halogens is 1. The van der Waals surface area contributed by atoms with Crippen LogP contribution in [0.2, 0.25) is 5.02 Å². The highest BCUT2D eigenvalue weighted by atomic mass is 35.5. The molecule has 1 aromatic heterocycles. The Morgan fingerprint density at radius 1 is 1.48 bits per heavy atom. The lowest BCUT2D eigenvalue weighted by Gasteiger charge is -2.19. The molecule has 1 aliphatic rings. The monoisotopic (exact) mass is 391 g/mol. The van der Waals surface area contributed by atoms with Crippen molar-refractivity contribution in [2.24, 2.45) is 0 Å². The Hall–Kier alpha value is -2.87. The highest BCUT2D eigenvalue weighted by Crippen LogP contribution is 2.37. The number of hydrogen-bond donors (Lipinski definition) is 1. The first kappa shape index (κ1) is 18.9. The molecular weight excluding hydrogens is 374 g/mol. The average molecular weight is 392 g/mol. The molecule has 2 aromatic rings. The number of rotatable bonds is 5. The smallest absolute Gasteiger partial charge is 0.345 e. The van der Waals surface area contributed by atoms with Gasteiger partial charge in [-0.2, -0.15) is 0 Å². The zero-order valence-corrected chi connectivity index (χ0v) is 15.4. The van der Waals surface area contributed by atoms with Crippen LogP contribution in [0.4, 0.5) is 11.5 Å². The molecule has 0 amide bonds. The first-order valence-corrected chi connectivity index (χ1v) is 8.88. The van der Waals surface area contributed by atoms with Gasteiger partial charge in [-0.3, -0.25) is 10.1 Å². The van der Waals surface area contributed by atoms with Crippen molar-refractivity contribution in [3.05, 3.63) is 56.7 Å². The third-order valence-corrected chi connectivity index (χ3v) is 4.39. The molecule has 0 bridgehead atoms. The maximum Gasteiger partial charge on any atom is 0.345 e. The Morgan fingerprint density at radius 3 is 3.04 bits per heavy atom. The summed E-state index contributed by atoms with van der Waals surface area (Å²) < 4.78 is 10.6. The van der Waals surface area contributed by atoms with Crippen molar-refractivity contribution < 1.29 is 19.2 Å². The predicted molar refractivity (Wildman–Crippen MR) is 99.4 cm³/mol. The molecule has 27 heavy (non-hydrogen) atoms. The molecule has 0 fully saturated rings. The zero-order valence-electron chi connectivity index (χ0n) is 14.6. The first-order chi connectivity index (χ1) is 13.0. The van der Waals surface area contributed by atoms with E-state index in [0.717, 1.165) is 12.0 Å². The van der Waals surface area contributed by atoms with E-state index in [2.05, 4.69) is 10.3 Å². The number of anilines is 1. The number of esters is 1. The van der Waals surface area contributed by atoms with Gasteiger partial charge in [-0.1, -0.05) is 17.7 Å². The zero-order chi connectivity index (χ0) is 19.4. The standard InChI is InChI=1S/C18H18ClN3O5/c1-2-26-18(23)13-7-8-20-17(16(13)22(24)25)21-14-4-3-9-27-15-10-11(19)5-6-12(14)15/h5-8,10,14H,2-4,9H2,1H3,(H,20,21). The van der Waals surface area contributed by atoms with Gasteiger partial charge in [-0.05, 0) is 38.0 Å². The van der Waals surface area contributed by atoms with Crippen molar-refractivity contribution in [2.75, 3.05) is 18.5 Å². The van der Waals surface area contributed by atoms with E-state index in [4.69, 9.17) is 21.1 Å². The van der Waals surface area contributed by atoms with Gasteiger partial charge in [0.05, 0.1) is 24.2 Å². The molecule has 1 unspecified atom stereocenters. The molecule has 0 radical (unpaired) electrons. The van der Waals surface area contributed by atoms with Crippen LogP contribution in [0.25, 0.3) is 0 Å². The number of fused-ring (bicyclic) bond motifs is 1. The fourth-order valence-corrected chi connectivity index (χ4v) is 3.14. The number of ether oxygens (including phenoxy) is 2. The molecule has 142 valence electrons. The van der Waals surface area contributed by atoms with Crippen LogP contribution in [-0.2, 0) is 4.74 Å². The second-order valence-electron chi connectivity index (χ2n) is 5.90. The Kier molecular flexibility index (Phi) is 5.75. The van der Waals surface area contributed by atoms with E-state index < -0.39 is 16.6 Å². The highest BCUT2D eigenvalue weighted by Gasteiger charge is 2.29. The lowest BCUT2D eigenvalue weighted by atomic mass is 10.0. The minimum atomic E-state index is -0.758. The minimum Gasteiger partial charge on any atom is -0.493 e. The van der Waals surface area contributed by atoms with Crippen LogP contribution in [0.15, 0.2) is 30.5 Å². The summed E-state index contributed by atoms with van der Waals surface area (Å²) in [4.78, 5) is 27.2. The molecule has 9 heteroatoms. The number of aromatic nitrogens is 1. The van der Waals surface area contributed by atoms with Crippen molar-refractivity contribution in [3.8, 4) is 5.75 Å². The first-order valence-electron chi connectivity index (χ1n) is 8.50. The van der Waals surface area contributed by atoms with E-state index in [0.29, 0.717) is 23.8 Å². The fraction of sp³-hybridized carbons (Fsp3) is 0.333. The van der Waals surface area contributed by atoms with Crippen LogP contribution < -0.4 is 10.1 Å². The SMILES string of the molecule is CCOC(=O)c1ccnc(NC2CCCOc3cc(Cl)ccc32)c1[N+](=O)[O-]. The molecule has 3 rings (SSSR count). The van der Waals surface area contributed by atoms with Crippen molar-refractivity contribution in [1.82, 2.24) is 4.98 Å². The Bertz CT molecular complexity index is 874. The van der Waals surface area contributed by atoms with E-state index in [1.54, 1.807) is 19.1 Å². The Balaban J connectivity index is 1.99. The third-order valence-electron chi connectivity index (χ3n) is 4.16. The molecule has 0 saturated carbocycles. The third kappa shape index (κ3) is 4.11. The summed E-state index contributed by atoms with van der Waals surface area (Å²) in [5, 5.41) is 15.3. The van der Waals surface area contributed by atoms with Crippen LogP contribution in [0.5, 0.6) is 5.75 Å². The topological polar surface area (TPSA) is 104 Å². The molecule has 0 saturated heterocycles. The van der Waals surface area contributed by atoms with Crippen LogP contribution >= 0.6 is 11.6 Å². The molecule has 1 atom stereocenters. The van der Waals surface area contributed by atoms with Gasteiger partial charge < -0.3 is 14.8 Å². The highest BCUT2D eigenvalue weighted by molar-refractivity contribution is 6.30. The summed E-state index contributed by atoms with van der Waals surface area (Å²) in [5.41, 5.74) is 0.284. The van der Waals surface area contributed by atoms with Crippen LogP contribution in [0, 0.1) is 10.1 Å². The van der Waals surface area contributed by atoms with E-state index >= 15 is 0 Å². The van der Waals surface area contributed by atoms with E-state index in [1.165, 1.54) is 12.3 Å². The van der Waals surface area contributed by atoms with Gasteiger partial charge in [0, 0.05) is 16.8 Å². The van der Waals surface area contributed by atoms with Crippen LogP contribution in [0.3, 0.4) is 0 Å². The van der Waals surface area contributed by atoms with E-state index in [9.17, 15) is 14.9 Å². The second-order valence-corrected chi connectivity index (χ2v) is 6.34. The summed E-state index contributed by atoms with van der Waals surface area (Å²) >= 11 is 6.04. The van der Waals surface area contributed by atoms with Crippen molar-refractivity contribution in [1.29, 1.82) is 0 Å². The summed E-state index contributed by atoms with van der Waals surface area (Å²) in [5.74, 6) is -0.119. The Morgan fingerprint density at radius 2 is 2.30 bits per heavy atom. The van der Waals surface area contributed by atoms with E-state index in [-0.39, 0.29) is 24.0 Å². The maximum absolute atomic E-state index is 12.1.